The largest absolute Gasteiger partial charge is 0.454 e. The molecule has 0 unspecified atom stereocenters. The van der Waals surface area contributed by atoms with Gasteiger partial charge in [0, 0.05) is 10.0 Å². The van der Waals surface area contributed by atoms with Crippen LogP contribution in [0.4, 0.5) is 0 Å². The molecule has 3 rings (SSSR count). The Morgan fingerprint density at radius 3 is 2.67 bits per heavy atom. The van der Waals surface area contributed by atoms with Crippen LogP contribution < -0.4 is 9.47 Å². The van der Waals surface area contributed by atoms with Gasteiger partial charge in [-0.2, -0.15) is 0 Å². The molecular weight excluding hydrogens is 336 g/mol. The Morgan fingerprint density at radius 1 is 1.10 bits per heavy atom. The number of ketones is 1. The molecule has 108 valence electrons. The molecule has 0 amide bonds. The summed E-state index contributed by atoms with van der Waals surface area (Å²) < 4.78 is 16.9. The maximum atomic E-state index is 12.1. The molecule has 1 heterocycles. The van der Waals surface area contributed by atoms with Gasteiger partial charge in [0.15, 0.2) is 17.3 Å². The molecule has 2 aromatic carbocycles. The van der Waals surface area contributed by atoms with E-state index >= 15 is 0 Å². The second-order valence-corrected chi connectivity index (χ2v) is 5.53. The molecule has 1 aliphatic heterocycles. The van der Waals surface area contributed by atoms with Crippen LogP contribution in [0.2, 0.25) is 0 Å². The summed E-state index contributed by atoms with van der Waals surface area (Å²) in [4.78, 5) is 12.1. The van der Waals surface area contributed by atoms with Crippen molar-refractivity contribution in [2.45, 2.75) is 6.61 Å². The van der Waals surface area contributed by atoms with Crippen molar-refractivity contribution >= 4 is 21.7 Å². The van der Waals surface area contributed by atoms with E-state index in [2.05, 4.69) is 15.9 Å². The van der Waals surface area contributed by atoms with E-state index in [1.165, 1.54) is 0 Å². The first-order valence-electron chi connectivity index (χ1n) is 6.47. The van der Waals surface area contributed by atoms with Crippen molar-refractivity contribution < 1.29 is 19.0 Å². The van der Waals surface area contributed by atoms with Crippen LogP contribution in [-0.4, -0.2) is 19.2 Å². The molecule has 0 bridgehead atoms. The van der Waals surface area contributed by atoms with Gasteiger partial charge in [-0.25, -0.2) is 0 Å². The van der Waals surface area contributed by atoms with E-state index in [9.17, 15) is 4.79 Å². The third-order valence-electron chi connectivity index (χ3n) is 3.11. The highest BCUT2D eigenvalue weighted by Gasteiger charge is 2.16. The van der Waals surface area contributed by atoms with E-state index in [1.807, 2.05) is 24.3 Å². The van der Waals surface area contributed by atoms with Crippen molar-refractivity contribution in [3.8, 4) is 11.5 Å². The maximum Gasteiger partial charge on any atom is 0.231 e. The van der Waals surface area contributed by atoms with Gasteiger partial charge in [0.2, 0.25) is 6.79 Å². The van der Waals surface area contributed by atoms with Gasteiger partial charge in [0.05, 0.1) is 6.61 Å². The van der Waals surface area contributed by atoms with Gasteiger partial charge in [0.25, 0.3) is 0 Å². The van der Waals surface area contributed by atoms with E-state index in [0.717, 1.165) is 10.0 Å². The first-order chi connectivity index (χ1) is 10.2. The van der Waals surface area contributed by atoms with Gasteiger partial charge in [-0.05, 0) is 35.9 Å². The van der Waals surface area contributed by atoms with Gasteiger partial charge >= 0.3 is 0 Å². The lowest BCUT2D eigenvalue weighted by atomic mass is 10.1. The summed E-state index contributed by atoms with van der Waals surface area (Å²) in [5, 5.41) is 0. The first kappa shape index (κ1) is 14.1. The quantitative estimate of drug-likeness (QED) is 0.774. The molecule has 0 fully saturated rings. The van der Waals surface area contributed by atoms with Crippen LogP contribution in [0.25, 0.3) is 0 Å². The number of Topliss-reactive ketones (excluding diaryl/α,β-unsaturated/α-hetero) is 1. The van der Waals surface area contributed by atoms with E-state index in [4.69, 9.17) is 14.2 Å². The number of ether oxygens (including phenoxy) is 3. The normalized spacial score (nSPS) is 12.4. The lowest BCUT2D eigenvalue weighted by Crippen LogP contribution is -2.09. The van der Waals surface area contributed by atoms with Gasteiger partial charge in [-0.15, -0.1) is 0 Å². The fourth-order valence-corrected chi connectivity index (χ4v) is 2.26. The van der Waals surface area contributed by atoms with Gasteiger partial charge in [0.1, 0.15) is 6.61 Å². The summed E-state index contributed by atoms with van der Waals surface area (Å²) in [5.41, 5.74) is 1.59. The lowest BCUT2D eigenvalue weighted by molar-refractivity contribution is 0.0726. The highest BCUT2D eigenvalue weighted by atomic mass is 79.9. The molecule has 0 aliphatic carbocycles. The second kappa shape index (κ2) is 6.28. The molecule has 5 heteroatoms. The molecule has 0 N–H and O–H groups in total. The third kappa shape index (κ3) is 3.43. The van der Waals surface area contributed by atoms with Crippen molar-refractivity contribution in [3.05, 3.63) is 58.1 Å². The fraction of sp³-hybridized carbons (Fsp3) is 0.188. The number of hydrogen-bond acceptors (Lipinski definition) is 4. The minimum absolute atomic E-state index is 0.0374. The molecule has 0 atom stereocenters. The maximum absolute atomic E-state index is 12.1. The average Bonchev–Trinajstić information content (AvgIpc) is 2.96. The summed E-state index contributed by atoms with van der Waals surface area (Å²) >= 11 is 3.37. The molecule has 21 heavy (non-hydrogen) atoms. The van der Waals surface area contributed by atoms with Crippen LogP contribution in [0.5, 0.6) is 11.5 Å². The molecule has 2 aromatic rings. The summed E-state index contributed by atoms with van der Waals surface area (Å²) in [6.07, 6.45) is 0. The van der Waals surface area contributed by atoms with E-state index in [1.54, 1.807) is 18.2 Å². The summed E-state index contributed by atoms with van der Waals surface area (Å²) in [7, 11) is 0. The zero-order valence-corrected chi connectivity index (χ0v) is 12.8. The van der Waals surface area contributed by atoms with Crippen molar-refractivity contribution in [3.63, 3.8) is 0 Å². The minimum Gasteiger partial charge on any atom is -0.454 e. The summed E-state index contributed by atoms with van der Waals surface area (Å²) in [6.45, 7) is 0.645. The molecule has 0 saturated carbocycles. The number of benzene rings is 2. The Hall–Kier alpha value is -1.85. The summed E-state index contributed by atoms with van der Waals surface area (Å²) in [5.74, 6) is 1.20. The van der Waals surface area contributed by atoms with Crippen LogP contribution in [0.3, 0.4) is 0 Å². The predicted octanol–water partition coefficient (Wildman–Crippen LogP) is 3.58. The van der Waals surface area contributed by atoms with Crippen LogP contribution in [0.15, 0.2) is 46.9 Å². The molecule has 4 nitrogen and oxygen atoms in total. The van der Waals surface area contributed by atoms with E-state index in [-0.39, 0.29) is 19.2 Å². The first-order valence-corrected chi connectivity index (χ1v) is 7.27. The average molecular weight is 349 g/mol. The predicted molar refractivity (Wildman–Crippen MR) is 80.7 cm³/mol. The van der Waals surface area contributed by atoms with Crippen molar-refractivity contribution in [1.29, 1.82) is 0 Å². The zero-order valence-electron chi connectivity index (χ0n) is 11.2. The smallest absolute Gasteiger partial charge is 0.231 e. The number of fused-ring (bicyclic) bond motifs is 1. The standard InChI is InChI=1S/C16H13BrO4/c17-13-4-1-11(2-5-13)8-19-9-14(18)12-3-6-15-16(7-12)21-10-20-15/h1-7H,8-10H2. The Balaban J connectivity index is 1.55. The Morgan fingerprint density at radius 2 is 1.86 bits per heavy atom. The molecule has 0 aromatic heterocycles. The zero-order chi connectivity index (χ0) is 14.7. The van der Waals surface area contributed by atoms with Crippen LogP contribution >= 0.6 is 15.9 Å². The minimum atomic E-state index is -0.0783. The Labute approximate surface area is 130 Å². The lowest BCUT2D eigenvalue weighted by Gasteiger charge is -2.05. The number of halogens is 1. The highest BCUT2D eigenvalue weighted by Crippen LogP contribution is 2.32. The topological polar surface area (TPSA) is 44.8 Å². The number of carbonyl (C=O) groups excluding carboxylic acids is 1. The van der Waals surface area contributed by atoms with Crippen molar-refractivity contribution in [2.24, 2.45) is 0 Å². The molecule has 0 saturated heterocycles. The van der Waals surface area contributed by atoms with Gasteiger partial charge in [-0.1, -0.05) is 28.1 Å². The summed E-state index contributed by atoms with van der Waals surface area (Å²) in [6, 6.07) is 12.9. The molecule has 1 aliphatic rings. The number of rotatable bonds is 5. The Bertz CT molecular complexity index is 652. The Kier molecular flexibility index (Phi) is 4.22. The SMILES string of the molecule is O=C(COCc1ccc(Br)cc1)c1ccc2c(c1)OCO2. The van der Waals surface area contributed by atoms with Gasteiger partial charge in [-0.3, -0.25) is 4.79 Å². The third-order valence-corrected chi connectivity index (χ3v) is 3.64. The second-order valence-electron chi connectivity index (χ2n) is 4.61. The number of carbonyl (C=O) groups is 1. The van der Waals surface area contributed by atoms with Crippen LogP contribution in [0.1, 0.15) is 15.9 Å². The monoisotopic (exact) mass is 348 g/mol. The molecule has 0 radical (unpaired) electrons. The van der Waals surface area contributed by atoms with Crippen LogP contribution in [-0.2, 0) is 11.3 Å². The van der Waals surface area contributed by atoms with E-state index < -0.39 is 0 Å². The van der Waals surface area contributed by atoms with Crippen LogP contribution in [0, 0.1) is 0 Å². The van der Waals surface area contributed by atoms with Crippen molar-refractivity contribution in [2.75, 3.05) is 13.4 Å². The van der Waals surface area contributed by atoms with Gasteiger partial charge < -0.3 is 14.2 Å². The highest BCUT2D eigenvalue weighted by molar-refractivity contribution is 9.10. The number of hydrogen-bond donors (Lipinski definition) is 0. The molecular formula is C16H13BrO4. The van der Waals surface area contributed by atoms with E-state index in [0.29, 0.717) is 23.7 Å². The molecule has 0 spiro atoms. The fourth-order valence-electron chi connectivity index (χ4n) is 2.00. The van der Waals surface area contributed by atoms with Crippen molar-refractivity contribution in [1.82, 2.24) is 0 Å².